The summed E-state index contributed by atoms with van der Waals surface area (Å²) in [6.45, 7) is 1.96. The van der Waals surface area contributed by atoms with E-state index in [4.69, 9.17) is 10.5 Å². The van der Waals surface area contributed by atoms with Crippen LogP contribution in [0.2, 0.25) is 0 Å². The smallest absolute Gasteiger partial charge is 0.124 e. The molecule has 0 saturated carbocycles. The Hall–Kier alpha value is -1.06. The first kappa shape index (κ1) is 9.19. The molecular weight excluding hydrogens is 188 g/mol. The van der Waals surface area contributed by atoms with Gasteiger partial charge in [0.1, 0.15) is 11.4 Å². The maximum atomic E-state index is 6.19. The molecule has 0 amide bonds. The molecule has 2 heterocycles. The predicted octanol–water partition coefficient (Wildman–Crippen LogP) is 1.20. The number of nitrogens with two attached hydrogens (primary N) is 1. The van der Waals surface area contributed by atoms with Gasteiger partial charge in [0, 0.05) is 31.0 Å². The molecule has 1 spiro atoms. The molecule has 1 aromatic rings. The van der Waals surface area contributed by atoms with E-state index in [1.54, 1.807) is 0 Å². The van der Waals surface area contributed by atoms with Gasteiger partial charge in [-0.3, -0.25) is 0 Å². The van der Waals surface area contributed by atoms with Crippen LogP contribution in [0.15, 0.2) is 24.3 Å². The van der Waals surface area contributed by atoms with E-state index in [2.05, 4.69) is 11.4 Å². The van der Waals surface area contributed by atoms with Crippen molar-refractivity contribution in [2.75, 3.05) is 13.1 Å². The van der Waals surface area contributed by atoms with Crippen LogP contribution in [0.1, 0.15) is 24.4 Å². The second-order valence-electron chi connectivity index (χ2n) is 4.56. The molecule has 0 aromatic heterocycles. The van der Waals surface area contributed by atoms with Gasteiger partial charge in [-0.05, 0) is 12.6 Å². The molecule has 3 N–H and O–H groups in total. The van der Waals surface area contributed by atoms with Gasteiger partial charge in [-0.15, -0.1) is 0 Å². The Morgan fingerprint density at radius 3 is 3.07 bits per heavy atom. The number of ether oxygens (including phenoxy) is 1. The van der Waals surface area contributed by atoms with E-state index in [-0.39, 0.29) is 11.6 Å². The number of rotatable bonds is 0. The molecule has 0 aliphatic carbocycles. The first-order chi connectivity index (χ1) is 7.29. The van der Waals surface area contributed by atoms with Crippen molar-refractivity contribution in [1.82, 2.24) is 5.32 Å². The van der Waals surface area contributed by atoms with Gasteiger partial charge in [0.2, 0.25) is 0 Å². The number of benzene rings is 1. The fourth-order valence-corrected chi connectivity index (χ4v) is 2.65. The second-order valence-corrected chi connectivity index (χ2v) is 4.56. The van der Waals surface area contributed by atoms with Crippen LogP contribution in [0.25, 0.3) is 0 Å². The maximum Gasteiger partial charge on any atom is 0.124 e. The molecule has 2 aliphatic heterocycles. The molecule has 3 rings (SSSR count). The first-order valence-electron chi connectivity index (χ1n) is 5.53. The van der Waals surface area contributed by atoms with E-state index in [1.165, 1.54) is 0 Å². The second kappa shape index (κ2) is 3.22. The van der Waals surface area contributed by atoms with Gasteiger partial charge >= 0.3 is 0 Å². The van der Waals surface area contributed by atoms with Gasteiger partial charge in [0.05, 0.1) is 0 Å². The summed E-state index contributed by atoms with van der Waals surface area (Å²) in [5.74, 6) is 0.972. The van der Waals surface area contributed by atoms with Crippen molar-refractivity contribution >= 4 is 0 Å². The van der Waals surface area contributed by atoms with Crippen LogP contribution in [0.5, 0.6) is 5.75 Å². The fraction of sp³-hybridized carbons (Fsp3) is 0.500. The summed E-state index contributed by atoms with van der Waals surface area (Å²) >= 11 is 0. The first-order valence-corrected chi connectivity index (χ1v) is 5.53. The number of para-hydroxylation sites is 1. The lowest BCUT2D eigenvalue weighted by Gasteiger charge is -2.38. The van der Waals surface area contributed by atoms with Crippen molar-refractivity contribution in [3.05, 3.63) is 29.8 Å². The average Bonchev–Trinajstić information content (AvgIpc) is 2.66. The molecule has 1 fully saturated rings. The third-order valence-electron chi connectivity index (χ3n) is 3.44. The summed E-state index contributed by atoms with van der Waals surface area (Å²) in [5.41, 5.74) is 7.29. The average molecular weight is 204 g/mol. The molecule has 1 aromatic carbocycles. The van der Waals surface area contributed by atoms with Gasteiger partial charge in [0.15, 0.2) is 0 Å². The Bertz CT molecular complexity index is 372. The minimum Gasteiger partial charge on any atom is -0.485 e. The summed E-state index contributed by atoms with van der Waals surface area (Å²) in [6.07, 6.45) is 1.99. The standard InChI is InChI=1S/C12H16N2O/c13-10-7-12(5-6-14-8-12)15-11-4-2-1-3-9(10)11/h1-4,10,14H,5-8,13H2. The monoisotopic (exact) mass is 204 g/mol. The highest BCUT2D eigenvalue weighted by Crippen LogP contribution is 2.40. The lowest BCUT2D eigenvalue weighted by molar-refractivity contribution is 0.0553. The minimum atomic E-state index is -0.0478. The molecule has 3 heteroatoms. The minimum absolute atomic E-state index is 0.0478. The number of fused-ring (bicyclic) bond motifs is 1. The van der Waals surface area contributed by atoms with Crippen LogP contribution in [0.3, 0.4) is 0 Å². The number of hydrogen-bond donors (Lipinski definition) is 2. The van der Waals surface area contributed by atoms with Crippen LogP contribution in [0.4, 0.5) is 0 Å². The Labute approximate surface area is 89.6 Å². The van der Waals surface area contributed by atoms with Crippen molar-refractivity contribution in [3.8, 4) is 5.75 Å². The Morgan fingerprint density at radius 1 is 1.40 bits per heavy atom. The van der Waals surface area contributed by atoms with Crippen molar-refractivity contribution in [2.24, 2.45) is 5.73 Å². The topological polar surface area (TPSA) is 47.3 Å². The Balaban J connectivity index is 1.98. The number of nitrogens with one attached hydrogen (secondary N) is 1. The third kappa shape index (κ3) is 1.43. The molecule has 0 bridgehead atoms. The third-order valence-corrected chi connectivity index (χ3v) is 3.44. The zero-order chi connectivity index (χ0) is 10.3. The van der Waals surface area contributed by atoms with Gasteiger partial charge in [0.25, 0.3) is 0 Å². The van der Waals surface area contributed by atoms with Crippen LogP contribution < -0.4 is 15.8 Å². The molecule has 3 nitrogen and oxygen atoms in total. The summed E-state index contributed by atoms with van der Waals surface area (Å²) in [4.78, 5) is 0. The fourth-order valence-electron chi connectivity index (χ4n) is 2.65. The van der Waals surface area contributed by atoms with Crippen LogP contribution >= 0.6 is 0 Å². The van der Waals surface area contributed by atoms with Crippen molar-refractivity contribution < 1.29 is 4.74 Å². The Kier molecular flexibility index (Phi) is 1.97. The SMILES string of the molecule is NC1CC2(CCNC2)Oc2ccccc21. The van der Waals surface area contributed by atoms with Crippen molar-refractivity contribution in [1.29, 1.82) is 0 Å². The molecule has 2 aliphatic rings. The van der Waals surface area contributed by atoms with Crippen molar-refractivity contribution in [3.63, 3.8) is 0 Å². The molecule has 1 saturated heterocycles. The zero-order valence-electron chi connectivity index (χ0n) is 8.70. The Morgan fingerprint density at radius 2 is 2.27 bits per heavy atom. The van der Waals surface area contributed by atoms with Gasteiger partial charge in [-0.25, -0.2) is 0 Å². The summed E-state index contributed by atoms with van der Waals surface area (Å²) in [6, 6.07) is 8.23. The van der Waals surface area contributed by atoms with E-state index in [1.807, 2.05) is 18.2 Å². The molecule has 2 atom stereocenters. The highest BCUT2D eigenvalue weighted by atomic mass is 16.5. The van der Waals surface area contributed by atoms with E-state index in [0.717, 1.165) is 37.2 Å². The molecule has 15 heavy (non-hydrogen) atoms. The maximum absolute atomic E-state index is 6.19. The van der Waals surface area contributed by atoms with E-state index in [9.17, 15) is 0 Å². The lowest BCUT2D eigenvalue weighted by atomic mass is 9.87. The predicted molar refractivity (Wildman–Crippen MR) is 58.8 cm³/mol. The summed E-state index contributed by atoms with van der Waals surface area (Å²) in [7, 11) is 0. The molecular formula is C12H16N2O. The number of hydrogen-bond acceptors (Lipinski definition) is 3. The quantitative estimate of drug-likeness (QED) is 0.667. The van der Waals surface area contributed by atoms with E-state index < -0.39 is 0 Å². The zero-order valence-corrected chi connectivity index (χ0v) is 8.70. The molecule has 2 unspecified atom stereocenters. The summed E-state index contributed by atoms with van der Waals surface area (Å²) < 4.78 is 6.11. The largest absolute Gasteiger partial charge is 0.485 e. The van der Waals surface area contributed by atoms with Crippen LogP contribution in [-0.2, 0) is 0 Å². The summed E-state index contributed by atoms with van der Waals surface area (Å²) in [5, 5.41) is 3.35. The van der Waals surface area contributed by atoms with Gasteiger partial charge in [-0.1, -0.05) is 18.2 Å². The lowest BCUT2D eigenvalue weighted by Crippen LogP contribution is -2.44. The molecule has 80 valence electrons. The highest BCUT2D eigenvalue weighted by Gasteiger charge is 2.41. The van der Waals surface area contributed by atoms with Gasteiger partial charge < -0.3 is 15.8 Å². The van der Waals surface area contributed by atoms with E-state index >= 15 is 0 Å². The van der Waals surface area contributed by atoms with Crippen LogP contribution in [-0.4, -0.2) is 18.7 Å². The van der Waals surface area contributed by atoms with Crippen LogP contribution in [0, 0.1) is 0 Å². The van der Waals surface area contributed by atoms with Crippen molar-refractivity contribution in [2.45, 2.75) is 24.5 Å². The van der Waals surface area contributed by atoms with E-state index in [0.29, 0.717) is 0 Å². The normalized spacial score (nSPS) is 33.8. The highest BCUT2D eigenvalue weighted by molar-refractivity contribution is 5.39. The van der Waals surface area contributed by atoms with Gasteiger partial charge in [-0.2, -0.15) is 0 Å². The molecule has 0 radical (unpaired) electrons.